The predicted molar refractivity (Wildman–Crippen MR) is 78.6 cm³/mol. The van der Waals surface area contributed by atoms with Gasteiger partial charge in [-0.3, -0.25) is 0 Å². The molecule has 0 unspecified atom stereocenters. The van der Waals surface area contributed by atoms with Crippen LogP contribution in [0.4, 0.5) is 17.1 Å². The largest absolute Gasteiger partial charge is 0.505 e. The monoisotopic (exact) mass is 271 g/mol. The minimum Gasteiger partial charge on any atom is -0.505 e. The van der Waals surface area contributed by atoms with Crippen LogP contribution in [0.3, 0.4) is 0 Å². The summed E-state index contributed by atoms with van der Waals surface area (Å²) in [6.45, 7) is 2.25. The number of nitrogens with zero attached hydrogens (tertiary/aromatic N) is 2. The lowest BCUT2D eigenvalue weighted by Gasteiger charge is -2.07. The van der Waals surface area contributed by atoms with E-state index in [1.54, 1.807) is 25.3 Å². The van der Waals surface area contributed by atoms with E-state index in [-0.39, 0.29) is 5.75 Å². The van der Waals surface area contributed by atoms with Crippen molar-refractivity contribution < 1.29 is 9.84 Å². The summed E-state index contributed by atoms with van der Waals surface area (Å²) in [5.74, 6) is 0.0794. The van der Waals surface area contributed by atoms with Crippen molar-refractivity contribution in [2.24, 2.45) is 10.2 Å². The van der Waals surface area contributed by atoms with Gasteiger partial charge in [-0.25, -0.2) is 0 Å². The smallest absolute Gasteiger partial charge is 0.148 e. The second-order valence-electron chi connectivity index (χ2n) is 4.48. The van der Waals surface area contributed by atoms with Gasteiger partial charge in [0.05, 0.1) is 12.3 Å². The number of benzene rings is 2. The van der Waals surface area contributed by atoms with Crippen LogP contribution in [0.5, 0.6) is 5.75 Å². The molecular formula is C15H17N3O2. The molecule has 0 atom stereocenters. The van der Waals surface area contributed by atoms with Crippen molar-refractivity contribution in [1.29, 1.82) is 0 Å². The SMILES string of the molecule is COCc1cc(C)cc(N=Nc2ccccc2N)c1O. The van der Waals surface area contributed by atoms with Crippen LogP contribution >= 0.6 is 0 Å². The quantitative estimate of drug-likeness (QED) is 0.654. The summed E-state index contributed by atoms with van der Waals surface area (Å²) < 4.78 is 5.05. The van der Waals surface area contributed by atoms with E-state index in [1.165, 1.54) is 0 Å². The number of hydrogen-bond donors (Lipinski definition) is 2. The summed E-state index contributed by atoms with van der Waals surface area (Å²) in [6, 6.07) is 10.8. The maximum absolute atomic E-state index is 10.1. The zero-order valence-electron chi connectivity index (χ0n) is 11.5. The summed E-state index contributed by atoms with van der Waals surface area (Å²) in [5, 5.41) is 18.3. The van der Waals surface area contributed by atoms with Crippen molar-refractivity contribution in [3.8, 4) is 5.75 Å². The molecule has 0 saturated carbocycles. The van der Waals surface area contributed by atoms with E-state index in [0.29, 0.717) is 29.2 Å². The maximum atomic E-state index is 10.1. The number of hydrogen-bond acceptors (Lipinski definition) is 5. The van der Waals surface area contributed by atoms with Crippen LogP contribution in [-0.4, -0.2) is 12.2 Å². The van der Waals surface area contributed by atoms with E-state index in [9.17, 15) is 5.11 Å². The summed E-state index contributed by atoms with van der Waals surface area (Å²) in [5.41, 5.74) is 8.97. The predicted octanol–water partition coefficient (Wildman–Crippen LogP) is 3.84. The molecule has 0 aliphatic rings. The van der Waals surface area contributed by atoms with E-state index in [0.717, 1.165) is 5.56 Å². The third-order valence-corrected chi connectivity index (χ3v) is 2.82. The Labute approximate surface area is 117 Å². The Morgan fingerprint density at radius 2 is 1.85 bits per heavy atom. The molecule has 0 aromatic heterocycles. The van der Waals surface area contributed by atoms with Gasteiger partial charge in [0.1, 0.15) is 17.1 Å². The Morgan fingerprint density at radius 3 is 2.55 bits per heavy atom. The van der Waals surface area contributed by atoms with Crippen LogP contribution < -0.4 is 5.73 Å². The molecule has 20 heavy (non-hydrogen) atoms. The highest BCUT2D eigenvalue weighted by Gasteiger charge is 2.08. The Hall–Kier alpha value is -2.40. The normalized spacial score (nSPS) is 11.1. The molecule has 0 radical (unpaired) electrons. The fourth-order valence-electron chi connectivity index (χ4n) is 1.86. The molecule has 0 saturated heterocycles. The Morgan fingerprint density at radius 1 is 1.15 bits per heavy atom. The van der Waals surface area contributed by atoms with Crippen molar-refractivity contribution in [3.63, 3.8) is 0 Å². The number of phenols is 1. The number of ether oxygens (including phenoxy) is 1. The lowest BCUT2D eigenvalue weighted by Crippen LogP contribution is -1.89. The van der Waals surface area contributed by atoms with E-state index in [4.69, 9.17) is 10.5 Å². The topological polar surface area (TPSA) is 80.2 Å². The van der Waals surface area contributed by atoms with E-state index < -0.39 is 0 Å². The van der Waals surface area contributed by atoms with Crippen LogP contribution in [0.25, 0.3) is 0 Å². The highest BCUT2D eigenvalue weighted by atomic mass is 16.5. The molecule has 0 spiro atoms. The van der Waals surface area contributed by atoms with Gasteiger partial charge in [-0.2, -0.15) is 0 Å². The number of para-hydroxylation sites is 1. The first-order valence-corrected chi connectivity index (χ1v) is 6.19. The molecule has 0 heterocycles. The Kier molecular flexibility index (Phi) is 4.32. The summed E-state index contributed by atoms with van der Waals surface area (Å²) in [4.78, 5) is 0. The van der Waals surface area contributed by atoms with Crippen LogP contribution in [0.2, 0.25) is 0 Å². The molecule has 2 aromatic carbocycles. The number of azo groups is 1. The molecule has 104 valence electrons. The molecule has 3 N–H and O–H groups in total. The zero-order chi connectivity index (χ0) is 14.5. The molecule has 5 nitrogen and oxygen atoms in total. The van der Waals surface area contributed by atoms with Crippen LogP contribution in [0.1, 0.15) is 11.1 Å². The first-order chi connectivity index (χ1) is 9.61. The number of anilines is 1. The van der Waals surface area contributed by atoms with Crippen molar-refractivity contribution in [2.45, 2.75) is 13.5 Å². The fourth-order valence-corrected chi connectivity index (χ4v) is 1.86. The second kappa shape index (κ2) is 6.16. The van der Waals surface area contributed by atoms with Crippen molar-refractivity contribution in [1.82, 2.24) is 0 Å². The fraction of sp³-hybridized carbons (Fsp3) is 0.200. The summed E-state index contributed by atoms with van der Waals surface area (Å²) >= 11 is 0. The average molecular weight is 271 g/mol. The van der Waals surface area contributed by atoms with Gasteiger partial charge in [-0.05, 0) is 36.8 Å². The number of methoxy groups -OCH3 is 1. The number of nitrogen functional groups attached to an aromatic ring is 1. The highest BCUT2D eigenvalue weighted by Crippen LogP contribution is 2.34. The Balaban J connectivity index is 2.36. The van der Waals surface area contributed by atoms with Crippen molar-refractivity contribution >= 4 is 17.1 Å². The van der Waals surface area contributed by atoms with Crippen molar-refractivity contribution in [2.75, 3.05) is 12.8 Å². The highest BCUT2D eigenvalue weighted by molar-refractivity contribution is 5.62. The van der Waals surface area contributed by atoms with Gasteiger partial charge in [-0.15, -0.1) is 10.2 Å². The number of rotatable bonds is 4. The van der Waals surface area contributed by atoms with Gasteiger partial charge >= 0.3 is 0 Å². The molecule has 5 heteroatoms. The molecule has 0 amide bonds. The first kappa shape index (κ1) is 14.0. The molecular weight excluding hydrogens is 254 g/mol. The molecule has 2 rings (SSSR count). The van der Waals surface area contributed by atoms with E-state index >= 15 is 0 Å². The molecule has 0 bridgehead atoms. The number of aryl methyl sites for hydroxylation is 1. The number of nitrogens with two attached hydrogens (primary N) is 1. The lowest BCUT2D eigenvalue weighted by molar-refractivity contribution is 0.182. The number of phenolic OH excluding ortho intramolecular Hbond substituents is 1. The van der Waals surface area contributed by atoms with Crippen LogP contribution in [0, 0.1) is 6.92 Å². The van der Waals surface area contributed by atoms with Gasteiger partial charge in [0, 0.05) is 12.7 Å². The van der Waals surface area contributed by atoms with Gasteiger partial charge in [0.2, 0.25) is 0 Å². The summed E-state index contributed by atoms with van der Waals surface area (Å²) in [7, 11) is 1.58. The molecule has 0 aliphatic heterocycles. The van der Waals surface area contributed by atoms with Gasteiger partial charge < -0.3 is 15.6 Å². The van der Waals surface area contributed by atoms with Crippen molar-refractivity contribution in [3.05, 3.63) is 47.5 Å². The van der Waals surface area contributed by atoms with Crippen LogP contribution in [0.15, 0.2) is 46.6 Å². The summed E-state index contributed by atoms with van der Waals surface area (Å²) in [6.07, 6.45) is 0. The zero-order valence-corrected chi connectivity index (χ0v) is 11.5. The Bertz CT molecular complexity index is 639. The lowest BCUT2D eigenvalue weighted by atomic mass is 10.1. The molecule has 0 fully saturated rings. The third kappa shape index (κ3) is 3.13. The van der Waals surface area contributed by atoms with E-state index in [2.05, 4.69) is 10.2 Å². The van der Waals surface area contributed by atoms with Crippen LogP contribution in [-0.2, 0) is 11.3 Å². The van der Waals surface area contributed by atoms with Gasteiger partial charge in [0.25, 0.3) is 0 Å². The van der Waals surface area contributed by atoms with Gasteiger partial charge in [-0.1, -0.05) is 12.1 Å². The standard InChI is InChI=1S/C15H17N3O2/c1-10-7-11(9-20-2)15(19)14(8-10)18-17-13-6-4-3-5-12(13)16/h3-8,19H,9,16H2,1-2H3. The minimum absolute atomic E-state index is 0.0794. The molecule has 2 aromatic rings. The molecule has 0 aliphatic carbocycles. The average Bonchev–Trinajstić information content (AvgIpc) is 2.42. The van der Waals surface area contributed by atoms with Gasteiger partial charge in [0.15, 0.2) is 0 Å². The first-order valence-electron chi connectivity index (χ1n) is 6.19. The minimum atomic E-state index is 0.0794. The third-order valence-electron chi connectivity index (χ3n) is 2.82. The number of aromatic hydroxyl groups is 1. The maximum Gasteiger partial charge on any atom is 0.148 e. The van der Waals surface area contributed by atoms with E-state index in [1.807, 2.05) is 25.1 Å². The second-order valence-corrected chi connectivity index (χ2v) is 4.48.